The molecule has 0 aliphatic carbocycles. The van der Waals surface area contributed by atoms with E-state index in [1.54, 1.807) is 11.8 Å². The predicted molar refractivity (Wildman–Crippen MR) is 86.6 cm³/mol. The first-order valence-corrected chi connectivity index (χ1v) is 8.07. The van der Waals surface area contributed by atoms with E-state index in [1.165, 1.54) is 0 Å². The SMILES string of the molecule is CC(C)(N)C(C)(C)c1nc(CSc2cccc(Cl)c2)no1. The van der Waals surface area contributed by atoms with Gasteiger partial charge in [0, 0.05) is 15.5 Å². The van der Waals surface area contributed by atoms with Crippen LogP contribution in [-0.2, 0) is 11.2 Å². The lowest BCUT2D eigenvalue weighted by molar-refractivity contribution is 0.222. The van der Waals surface area contributed by atoms with E-state index in [-0.39, 0.29) is 5.41 Å². The number of aromatic nitrogens is 2. The topological polar surface area (TPSA) is 64.9 Å². The molecule has 0 saturated heterocycles. The fraction of sp³-hybridized carbons (Fsp3) is 0.467. The van der Waals surface area contributed by atoms with Crippen LogP contribution in [0.25, 0.3) is 0 Å². The van der Waals surface area contributed by atoms with E-state index in [0.29, 0.717) is 17.5 Å². The second-order valence-corrected chi connectivity index (χ2v) is 7.59. The average Bonchev–Trinajstić information content (AvgIpc) is 2.84. The molecule has 0 fully saturated rings. The van der Waals surface area contributed by atoms with Crippen LogP contribution in [0.1, 0.15) is 39.4 Å². The maximum atomic E-state index is 6.19. The van der Waals surface area contributed by atoms with Crippen LogP contribution in [-0.4, -0.2) is 15.7 Å². The molecular weight excluding hydrogens is 306 g/mol. The third-order valence-electron chi connectivity index (χ3n) is 3.78. The molecule has 1 heterocycles. The second kappa shape index (κ2) is 5.99. The first-order valence-electron chi connectivity index (χ1n) is 6.70. The number of benzene rings is 1. The molecule has 1 aromatic carbocycles. The molecule has 114 valence electrons. The fourth-order valence-corrected chi connectivity index (χ4v) is 2.60. The number of rotatable bonds is 5. The molecule has 0 saturated carbocycles. The average molecular weight is 326 g/mol. The molecule has 2 N–H and O–H groups in total. The molecular formula is C15H20ClN3OS. The third-order valence-corrected chi connectivity index (χ3v) is 5.00. The summed E-state index contributed by atoms with van der Waals surface area (Å²) in [6.45, 7) is 7.93. The first-order chi connectivity index (χ1) is 9.70. The largest absolute Gasteiger partial charge is 0.339 e. The highest BCUT2D eigenvalue weighted by Gasteiger charge is 2.40. The van der Waals surface area contributed by atoms with Crippen molar-refractivity contribution in [3.05, 3.63) is 41.0 Å². The molecule has 0 bridgehead atoms. The van der Waals surface area contributed by atoms with Gasteiger partial charge >= 0.3 is 0 Å². The number of nitrogens with two attached hydrogens (primary N) is 1. The summed E-state index contributed by atoms with van der Waals surface area (Å²) in [6.07, 6.45) is 0. The predicted octanol–water partition coefficient (Wildman–Crippen LogP) is 4.03. The first kappa shape index (κ1) is 16.3. The van der Waals surface area contributed by atoms with Gasteiger partial charge in [-0.1, -0.05) is 22.8 Å². The minimum atomic E-state index is -0.448. The van der Waals surface area contributed by atoms with Crippen LogP contribution in [0.5, 0.6) is 0 Å². The van der Waals surface area contributed by atoms with Crippen molar-refractivity contribution in [1.82, 2.24) is 10.1 Å². The molecule has 0 atom stereocenters. The van der Waals surface area contributed by atoms with Gasteiger partial charge in [0.05, 0.1) is 11.2 Å². The van der Waals surface area contributed by atoms with Crippen molar-refractivity contribution in [1.29, 1.82) is 0 Å². The summed E-state index contributed by atoms with van der Waals surface area (Å²) < 4.78 is 5.39. The molecule has 0 aliphatic rings. The highest BCUT2D eigenvalue weighted by atomic mass is 35.5. The minimum absolute atomic E-state index is 0.390. The van der Waals surface area contributed by atoms with Gasteiger partial charge in [0.1, 0.15) is 0 Å². The smallest absolute Gasteiger partial charge is 0.234 e. The number of nitrogens with zero attached hydrogens (tertiary/aromatic N) is 2. The Labute approximate surface area is 134 Å². The van der Waals surface area contributed by atoms with Gasteiger partial charge in [-0.2, -0.15) is 4.98 Å². The Kier molecular flexibility index (Phi) is 4.66. The van der Waals surface area contributed by atoms with E-state index in [1.807, 2.05) is 52.0 Å². The highest BCUT2D eigenvalue weighted by molar-refractivity contribution is 7.98. The van der Waals surface area contributed by atoms with Crippen LogP contribution in [0, 0.1) is 0 Å². The van der Waals surface area contributed by atoms with E-state index in [2.05, 4.69) is 10.1 Å². The number of thioether (sulfide) groups is 1. The number of hydrogen-bond donors (Lipinski definition) is 1. The van der Waals surface area contributed by atoms with Crippen LogP contribution in [0.3, 0.4) is 0 Å². The molecule has 2 aromatic rings. The normalized spacial score (nSPS) is 12.7. The summed E-state index contributed by atoms with van der Waals surface area (Å²) in [5.41, 5.74) is 5.35. The van der Waals surface area contributed by atoms with Crippen molar-refractivity contribution in [3.63, 3.8) is 0 Å². The van der Waals surface area contributed by atoms with Gasteiger partial charge < -0.3 is 10.3 Å². The van der Waals surface area contributed by atoms with Crippen molar-refractivity contribution in [2.75, 3.05) is 0 Å². The maximum Gasteiger partial charge on any atom is 0.234 e. The van der Waals surface area contributed by atoms with E-state index in [4.69, 9.17) is 21.9 Å². The Morgan fingerprint density at radius 2 is 2.00 bits per heavy atom. The van der Waals surface area contributed by atoms with Crippen LogP contribution < -0.4 is 5.73 Å². The van der Waals surface area contributed by atoms with Crippen LogP contribution in [0.2, 0.25) is 5.02 Å². The molecule has 0 unspecified atom stereocenters. The summed E-state index contributed by atoms with van der Waals surface area (Å²) >= 11 is 7.58. The quantitative estimate of drug-likeness (QED) is 0.841. The third kappa shape index (κ3) is 3.78. The Morgan fingerprint density at radius 3 is 2.62 bits per heavy atom. The van der Waals surface area contributed by atoms with Crippen LogP contribution in [0.15, 0.2) is 33.7 Å². The Bertz CT molecular complexity index is 619. The summed E-state index contributed by atoms with van der Waals surface area (Å²) in [4.78, 5) is 5.55. The van der Waals surface area contributed by atoms with Crippen molar-refractivity contribution < 1.29 is 4.52 Å². The zero-order chi connectivity index (χ0) is 15.7. The molecule has 1 aromatic heterocycles. The van der Waals surface area contributed by atoms with Gasteiger partial charge in [0.15, 0.2) is 5.82 Å². The Balaban J connectivity index is 2.07. The van der Waals surface area contributed by atoms with Gasteiger partial charge in [-0.25, -0.2) is 0 Å². The summed E-state index contributed by atoms with van der Waals surface area (Å²) in [7, 11) is 0. The zero-order valence-electron chi connectivity index (χ0n) is 12.7. The fourth-order valence-electron chi connectivity index (χ4n) is 1.55. The van der Waals surface area contributed by atoms with Gasteiger partial charge in [-0.15, -0.1) is 11.8 Å². The standard InChI is InChI=1S/C15H20ClN3OS/c1-14(2,15(3,4)17)13-18-12(19-20-13)9-21-11-7-5-6-10(16)8-11/h5-8H,9,17H2,1-4H3. The maximum absolute atomic E-state index is 6.19. The molecule has 0 amide bonds. The summed E-state index contributed by atoms with van der Waals surface area (Å²) in [5, 5.41) is 4.76. The van der Waals surface area contributed by atoms with Gasteiger partial charge in [0.2, 0.25) is 5.89 Å². The van der Waals surface area contributed by atoms with Gasteiger partial charge in [-0.05, 0) is 45.9 Å². The molecule has 21 heavy (non-hydrogen) atoms. The van der Waals surface area contributed by atoms with Crippen LogP contribution >= 0.6 is 23.4 Å². The number of hydrogen-bond acceptors (Lipinski definition) is 5. The summed E-state index contributed by atoms with van der Waals surface area (Å²) in [5.74, 6) is 1.86. The van der Waals surface area contributed by atoms with Gasteiger partial charge in [0.25, 0.3) is 0 Å². The van der Waals surface area contributed by atoms with E-state index < -0.39 is 5.54 Å². The summed E-state index contributed by atoms with van der Waals surface area (Å²) in [6, 6.07) is 7.70. The molecule has 0 radical (unpaired) electrons. The van der Waals surface area contributed by atoms with Crippen molar-refractivity contribution in [2.24, 2.45) is 5.73 Å². The monoisotopic (exact) mass is 325 g/mol. The van der Waals surface area contributed by atoms with E-state index >= 15 is 0 Å². The lowest BCUT2D eigenvalue weighted by Gasteiger charge is -2.34. The van der Waals surface area contributed by atoms with Crippen molar-refractivity contribution in [2.45, 2.75) is 49.3 Å². The molecule has 0 spiro atoms. The molecule has 4 nitrogen and oxygen atoms in total. The Hall–Kier alpha value is -1.04. The Morgan fingerprint density at radius 1 is 1.29 bits per heavy atom. The van der Waals surface area contributed by atoms with E-state index in [0.717, 1.165) is 9.92 Å². The second-order valence-electron chi connectivity index (χ2n) is 6.11. The minimum Gasteiger partial charge on any atom is -0.339 e. The lowest BCUT2D eigenvalue weighted by atomic mass is 9.75. The molecule has 0 aliphatic heterocycles. The van der Waals surface area contributed by atoms with Crippen LogP contribution in [0.4, 0.5) is 0 Å². The lowest BCUT2D eigenvalue weighted by Crippen LogP contribution is -2.50. The zero-order valence-corrected chi connectivity index (χ0v) is 14.3. The highest BCUT2D eigenvalue weighted by Crippen LogP contribution is 2.32. The molecule has 2 rings (SSSR count). The van der Waals surface area contributed by atoms with Crippen molar-refractivity contribution in [3.8, 4) is 0 Å². The number of halogens is 1. The molecule has 6 heteroatoms. The van der Waals surface area contributed by atoms with Crippen molar-refractivity contribution >= 4 is 23.4 Å². The van der Waals surface area contributed by atoms with E-state index in [9.17, 15) is 0 Å². The van der Waals surface area contributed by atoms with Gasteiger partial charge in [-0.3, -0.25) is 0 Å².